The van der Waals surface area contributed by atoms with Crippen molar-refractivity contribution in [1.82, 2.24) is 15.6 Å². The molecule has 3 rings (SSSR count). The highest BCUT2D eigenvalue weighted by atomic mass is 35.5. The number of ether oxygens (including phenoxy) is 1. The molecule has 22 heavy (non-hydrogen) atoms. The maximum Gasteiger partial charge on any atom is 0.326 e. The van der Waals surface area contributed by atoms with E-state index in [2.05, 4.69) is 15.6 Å². The molecule has 0 bridgehead atoms. The van der Waals surface area contributed by atoms with Crippen LogP contribution in [0.3, 0.4) is 0 Å². The van der Waals surface area contributed by atoms with E-state index in [9.17, 15) is 9.59 Å². The van der Waals surface area contributed by atoms with Crippen LogP contribution in [0.2, 0.25) is 5.15 Å². The maximum absolute atomic E-state index is 11.4. The predicted molar refractivity (Wildman–Crippen MR) is 76.9 cm³/mol. The van der Waals surface area contributed by atoms with Gasteiger partial charge in [-0.3, -0.25) is 10.1 Å². The number of nitrogens with zero attached hydrogens (tertiary/aromatic N) is 1. The molecule has 8 heteroatoms. The Bertz CT molecular complexity index is 755. The van der Waals surface area contributed by atoms with E-state index in [1.807, 2.05) is 0 Å². The summed E-state index contributed by atoms with van der Waals surface area (Å²) < 4.78 is 10.6. The van der Waals surface area contributed by atoms with Crippen LogP contribution < -0.4 is 15.4 Å². The second-order valence-corrected chi connectivity index (χ2v) is 4.72. The average molecular weight is 320 g/mol. The number of halogens is 1. The second-order valence-electron chi connectivity index (χ2n) is 4.36. The monoisotopic (exact) mass is 319 g/mol. The Hall–Kier alpha value is -2.80. The zero-order valence-corrected chi connectivity index (χ0v) is 11.9. The highest BCUT2D eigenvalue weighted by molar-refractivity contribution is 6.31. The number of carbonyl (C=O) groups excluding carboxylic acids is 2. The summed E-state index contributed by atoms with van der Waals surface area (Å²) in [5, 5.41) is 4.62. The molecule has 1 aliphatic rings. The second kappa shape index (κ2) is 5.90. The van der Waals surface area contributed by atoms with E-state index in [1.165, 1.54) is 6.08 Å². The summed E-state index contributed by atoms with van der Waals surface area (Å²) in [6, 6.07) is 6.21. The molecule has 1 saturated heterocycles. The Morgan fingerprint density at radius 3 is 2.77 bits per heavy atom. The summed E-state index contributed by atoms with van der Waals surface area (Å²) >= 11 is 6.05. The van der Waals surface area contributed by atoms with E-state index in [0.717, 1.165) is 0 Å². The highest BCUT2D eigenvalue weighted by Gasteiger charge is 2.23. The molecule has 112 valence electrons. The molecule has 0 aromatic carbocycles. The van der Waals surface area contributed by atoms with Crippen molar-refractivity contribution in [3.8, 4) is 5.88 Å². The van der Waals surface area contributed by atoms with Gasteiger partial charge in [-0.25, -0.2) is 9.78 Å². The van der Waals surface area contributed by atoms with Crippen LogP contribution in [0.25, 0.3) is 6.08 Å². The normalized spacial score (nSPS) is 15.8. The first-order valence-electron chi connectivity index (χ1n) is 6.27. The van der Waals surface area contributed by atoms with Gasteiger partial charge in [0, 0.05) is 11.6 Å². The van der Waals surface area contributed by atoms with Crippen LogP contribution in [-0.2, 0) is 11.4 Å². The van der Waals surface area contributed by atoms with Crippen molar-refractivity contribution >= 4 is 29.6 Å². The average Bonchev–Trinajstić information content (AvgIpc) is 3.09. The molecule has 7 nitrogen and oxygen atoms in total. The Morgan fingerprint density at radius 2 is 2.14 bits per heavy atom. The van der Waals surface area contributed by atoms with E-state index in [0.29, 0.717) is 17.2 Å². The van der Waals surface area contributed by atoms with Crippen molar-refractivity contribution in [3.05, 3.63) is 52.7 Å². The van der Waals surface area contributed by atoms with E-state index < -0.39 is 11.9 Å². The van der Waals surface area contributed by atoms with Gasteiger partial charge in [0.15, 0.2) is 0 Å². The lowest BCUT2D eigenvalue weighted by Crippen LogP contribution is -2.22. The lowest BCUT2D eigenvalue weighted by molar-refractivity contribution is -0.115. The zero-order valence-electron chi connectivity index (χ0n) is 11.1. The number of hydrogen-bond donors (Lipinski definition) is 2. The number of urea groups is 1. The first-order valence-corrected chi connectivity index (χ1v) is 6.65. The molecular formula is C14H10ClN3O4. The summed E-state index contributed by atoms with van der Waals surface area (Å²) in [7, 11) is 0. The van der Waals surface area contributed by atoms with Gasteiger partial charge >= 0.3 is 6.03 Å². The van der Waals surface area contributed by atoms with Crippen molar-refractivity contribution < 1.29 is 18.7 Å². The third-order valence-corrected chi connectivity index (χ3v) is 3.12. The first-order chi connectivity index (χ1) is 10.6. The molecule has 0 atom stereocenters. The van der Waals surface area contributed by atoms with E-state index >= 15 is 0 Å². The van der Waals surface area contributed by atoms with Gasteiger partial charge in [0.2, 0.25) is 5.88 Å². The van der Waals surface area contributed by atoms with Gasteiger partial charge < -0.3 is 14.5 Å². The molecule has 0 saturated carbocycles. The lowest BCUT2D eigenvalue weighted by Gasteiger charge is -2.05. The molecular weight excluding hydrogens is 310 g/mol. The molecule has 1 fully saturated rings. The smallest absolute Gasteiger partial charge is 0.326 e. The fourth-order valence-corrected chi connectivity index (χ4v) is 1.99. The summed E-state index contributed by atoms with van der Waals surface area (Å²) in [6.45, 7) is 0.231. The third-order valence-electron chi connectivity index (χ3n) is 2.81. The molecule has 2 aromatic rings. The molecule has 2 aromatic heterocycles. The topological polar surface area (TPSA) is 93.5 Å². The number of aromatic nitrogens is 1. The third kappa shape index (κ3) is 3.09. The number of furan rings is 1. The molecule has 1 aliphatic heterocycles. The van der Waals surface area contributed by atoms with Crippen LogP contribution in [0.15, 0.2) is 40.6 Å². The minimum absolute atomic E-state index is 0.109. The number of pyridine rings is 1. The van der Waals surface area contributed by atoms with Gasteiger partial charge in [-0.2, -0.15) is 0 Å². The van der Waals surface area contributed by atoms with E-state index in [1.54, 1.807) is 30.5 Å². The highest BCUT2D eigenvalue weighted by Crippen LogP contribution is 2.21. The van der Waals surface area contributed by atoms with Crippen LogP contribution in [-0.4, -0.2) is 16.9 Å². The molecule has 0 unspecified atom stereocenters. The van der Waals surface area contributed by atoms with Gasteiger partial charge in [0.05, 0.1) is 6.26 Å². The Balaban J connectivity index is 1.73. The summed E-state index contributed by atoms with van der Waals surface area (Å²) in [5.41, 5.74) is 0.595. The number of imide groups is 1. The predicted octanol–water partition coefficient (Wildman–Crippen LogP) is 2.09. The first kappa shape index (κ1) is 14.2. The molecule has 3 heterocycles. The molecule has 3 amide bonds. The van der Waals surface area contributed by atoms with Crippen molar-refractivity contribution in [2.45, 2.75) is 6.61 Å². The number of carbonyl (C=O) groups is 2. The van der Waals surface area contributed by atoms with Crippen LogP contribution in [0.5, 0.6) is 5.88 Å². The van der Waals surface area contributed by atoms with Crippen LogP contribution in [0.4, 0.5) is 4.79 Å². The number of amides is 3. The Morgan fingerprint density at radius 1 is 1.27 bits per heavy atom. The Labute approximate surface area is 129 Å². The zero-order chi connectivity index (χ0) is 15.5. The number of nitrogens with one attached hydrogen (secondary N) is 2. The van der Waals surface area contributed by atoms with Gasteiger partial charge in [-0.05, 0) is 24.3 Å². The van der Waals surface area contributed by atoms with Crippen LogP contribution in [0.1, 0.15) is 11.3 Å². The molecule has 0 spiro atoms. The van der Waals surface area contributed by atoms with E-state index in [-0.39, 0.29) is 17.5 Å². The van der Waals surface area contributed by atoms with Gasteiger partial charge in [0.1, 0.15) is 23.2 Å². The fourth-order valence-electron chi connectivity index (χ4n) is 1.79. The van der Waals surface area contributed by atoms with Crippen molar-refractivity contribution in [2.75, 3.05) is 0 Å². The minimum Gasteiger partial charge on any atom is -0.469 e. The van der Waals surface area contributed by atoms with Crippen molar-refractivity contribution in [2.24, 2.45) is 0 Å². The van der Waals surface area contributed by atoms with Crippen molar-refractivity contribution in [1.29, 1.82) is 0 Å². The standard InChI is InChI=1S/C14H10ClN3O4/c15-12-8(6-10-13(19)18-14(20)16-10)3-4-11(17-12)22-7-9-2-1-5-21-9/h1-6H,7H2,(H2,16,18,19,20). The number of rotatable bonds is 4. The molecule has 2 N–H and O–H groups in total. The van der Waals surface area contributed by atoms with Gasteiger partial charge in [-0.1, -0.05) is 11.6 Å². The van der Waals surface area contributed by atoms with Crippen LogP contribution in [0, 0.1) is 0 Å². The summed E-state index contributed by atoms with van der Waals surface area (Å²) in [4.78, 5) is 26.5. The summed E-state index contributed by atoms with van der Waals surface area (Å²) in [6.07, 6.45) is 2.99. The molecule has 0 radical (unpaired) electrons. The SMILES string of the molecule is O=C1NC(=O)C(=Cc2ccc(OCc3ccco3)nc2Cl)N1. The molecule has 0 aliphatic carbocycles. The lowest BCUT2D eigenvalue weighted by atomic mass is 10.2. The minimum atomic E-state index is -0.571. The van der Waals surface area contributed by atoms with Crippen molar-refractivity contribution in [3.63, 3.8) is 0 Å². The van der Waals surface area contributed by atoms with Crippen LogP contribution >= 0.6 is 11.6 Å². The fraction of sp³-hybridized carbons (Fsp3) is 0.0714. The Kier molecular flexibility index (Phi) is 3.80. The van der Waals surface area contributed by atoms with E-state index in [4.69, 9.17) is 20.8 Å². The largest absolute Gasteiger partial charge is 0.469 e. The maximum atomic E-state index is 11.4. The number of hydrogen-bond acceptors (Lipinski definition) is 5. The van der Waals surface area contributed by atoms with Gasteiger partial charge in [0.25, 0.3) is 5.91 Å². The van der Waals surface area contributed by atoms with Gasteiger partial charge in [-0.15, -0.1) is 0 Å². The quantitative estimate of drug-likeness (QED) is 0.511. The summed E-state index contributed by atoms with van der Waals surface area (Å²) in [5.74, 6) is 0.470.